The molecule has 25 heavy (non-hydrogen) atoms. The van der Waals surface area contributed by atoms with E-state index < -0.39 is 11.6 Å². The Morgan fingerprint density at radius 1 is 1.28 bits per heavy atom. The second-order valence-electron chi connectivity index (χ2n) is 5.56. The lowest BCUT2D eigenvalue weighted by atomic mass is 10.3. The minimum atomic E-state index is -0.653. The average molecular weight is 378 g/mol. The van der Waals surface area contributed by atoms with Crippen LogP contribution in [0, 0.1) is 11.6 Å². The van der Waals surface area contributed by atoms with E-state index in [4.69, 9.17) is 0 Å². The monoisotopic (exact) mass is 378 g/mol. The molecule has 3 aromatic rings. The number of aromatic nitrogens is 1. The normalized spacial score (nSPS) is 12.3. The number of carbonyl (C=O) groups is 1. The summed E-state index contributed by atoms with van der Waals surface area (Å²) >= 11 is 2.62. The predicted molar refractivity (Wildman–Crippen MR) is 97.9 cm³/mol. The number of rotatable bonds is 5. The van der Waals surface area contributed by atoms with E-state index in [0.717, 1.165) is 33.1 Å². The quantitative estimate of drug-likeness (QED) is 0.593. The van der Waals surface area contributed by atoms with E-state index in [1.807, 2.05) is 31.2 Å². The molecule has 0 spiro atoms. The highest BCUT2D eigenvalue weighted by Crippen LogP contribution is 2.30. The van der Waals surface area contributed by atoms with Crippen LogP contribution in [-0.2, 0) is 4.79 Å². The Labute approximate surface area is 152 Å². The molecule has 1 heterocycles. The SMILES string of the molecule is C[C@@H](c1nc2ccccc2s1)N(C)C(=O)CSc1ccc(F)cc1F. The molecule has 0 aliphatic rings. The first kappa shape index (κ1) is 17.8. The van der Waals surface area contributed by atoms with Gasteiger partial charge in [0.25, 0.3) is 0 Å². The van der Waals surface area contributed by atoms with Crippen LogP contribution in [0.25, 0.3) is 10.2 Å². The van der Waals surface area contributed by atoms with Crippen LogP contribution in [0.2, 0.25) is 0 Å². The number of thiazole rings is 1. The molecule has 3 rings (SSSR count). The fraction of sp³-hybridized carbons (Fsp3) is 0.222. The summed E-state index contributed by atoms with van der Waals surface area (Å²) in [5.41, 5.74) is 0.915. The topological polar surface area (TPSA) is 33.2 Å². The van der Waals surface area contributed by atoms with Gasteiger partial charge in [-0.1, -0.05) is 12.1 Å². The first-order valence-corrected chi connectivity index (χ1v) is 9.45. The van der Waals surface area contributed by atoms with Crippen LogP contribution in [-0.4, -0.2) is 28.6 Å². The van der Waals surface area contributed by atoms with Crippen molar-refractivity contribution in [3.05, 3.63) is 59.1 Å². The summed E-state index contributed by atoms with van der Waals surface area (Å²) in [5.74, 6) is -1.34. The highest BCUT2D eigenvalue weighted by Gasteiger charge is 2.21. The average Bonchev–Trinajstić information content (AvgIpc) is 3.03. The molecule has 0 radical (unpaired) electrons. The van der Waals surface area contributed by atoms with Crippen LogP contribution in [0.5, 0.6) is 0 Å². The van der Waals surface area contributed by atoms with Gasteiger partial charge >= 0.3 is 0 Å². The summed E-state index contributed by atoms with van der Waals surface area (Å²) in [7, 11) is 1.71. The van der Waals surface area contributed by atoms with Crippen molar-refractivity contribution in [2.45, 2.75) is 17.9 Å². The van der Waals surface area contributed by atoms with Gasteiger partial charge in [0.2, 0.25) is 5.91 Å². The van der Waals surface area contributed by atoms with Crippen molar-refractivity contribution in [3.8, 4) is 0 Å². The number of benzene rings is 2. The van der Waals surface area contributed by atoms with Crippen molar-refractivity contribution >= 4 is 39.2 Å². The van der Waals surface area contributed by atoms with Gasteiger partial charge in [-0.25, -0.2) is 13.8 Å². The van der Waals surface area contributed by atoms with Crippen LogP contribution in [0.3, 0.4) is 0 Å². The molecule has 1 atom stereocenters. The third kappa shape index (κ3) is 3.99. The molecule has 3 nitrogen and oxygen atoms in total. The molecule has 2 aromatic carbocycles. The highest BCUT2D eigenvalue weighted by molar-refractivity contribution is 8.00. The van der Waals surface area contributed by atoms with Crippen molar-refractivity contribution in [2.75, 3.05) is 12.8 Å². The fourth-order valence-electron chi connectivity index (χ4n) is 2.28. The minimum Gasteiger partial charge on any atom is -0.336 e. The van der Waals surface area contributed by atoms with E-state index in [2.05, 4.69) is 4.98 Å². The number of carbonyl (C=O) groups excluding carboxylic acids is 1. The zero-order chi connectivity index (χ0) is 18.0. The Hall–Kier alpha value is -1.99. The van der Waals surface area contributed by atoms with Crippen LogP contribution in [0.4, 0.5) is 8.78 Å². The fourth-order valence-corrected chi connectivity index (χ4v) is 4.19. The maximum absolute atomic E-state index is 13.6. The van der Waals surface area contributed by atoms with E-state index >= 15 is 0 Å². The summed E-state index contributed by atoms with van der Waals surface area (Å²) in [4.78, 5) is 18.8. The number of fused-ring (bicyclic) bond motifs is 1. The Kier molecular flexibility index (Phi) is 5.34. The van der Waals surface area contributed by atoms with Crippen molar-refractivity contribution < 1.29 is 13.6 Å². The maximum atomic E-state index is 13.6. The molecule has 130 valence electrons. The summed E-state index contributed by atoms with van der Waals surface area (Å²) in [6.45, 7) is 1.92. The van der Waals surface area contributed by atoms with Crippen molar-refractivity contribution in [1.29, 1.82) is 0 Å². The highest BCUT2D eigenvalue weighted by atomic mass is 32.2. The predicted octanol–water partition coefficient (Wildman–Crippen LogP) is 4.89. The van der Waals surface area contributed by atoms with Crippen LogP contribution >= 0.6 is 23.1 Å². The molecular formula is C18H16F2N2OS2. The van der Waals surface area contributed by atoms with Gasteiger partial charge in [0, 0.05) is 18.0 Å². The number of nitrogens with zero attached hydrogens (tertiary/aromatic N) is 2. The molecule has 0 saturated carbocycles. The van der Waals surface area contributed by atoms with Gasteiger partial charge in [0.1, 0.15) is 16.6 Å². The number of amides is 1. The molecule has 0 aliphatic heterocycles. The van der Waals surface area contributed by atoms with Gasteiger partial charge in [-0.2, -0.15) is 0 Å². The van der Waals surface area contributed by atoms with E-state index in [1.165, 1.54) is 12.1 Å². The van der Waals surface area contributed by atoms with Crippen LogP contribution in [0.15, 0.2) is 47.4 Å². The lowest BCUT2D eigenvalue weighted by Gasteiger charge is -2.23. The largest absolute Gasteiger partial charge is 0.336 e. The lowest BCUT2D eigenvalue weighted by molar-refractivity contribution is -0.128. The Balaban J connectivity index is 1.66. The molecule has 0 fully saturated rings. The minimum absolute atomic E-state index is 0.0777. The molecule has 0 aliphatic carbocycles. The molecule has 0 saturated heterocycles. The Morgan fingerprint density at radius 3 is 2.76 bits per heavy atom. The van der Waals surface area contributed by atoms with Crippen molar-refractivity contribution in [2.24, 2.45) is 0 Å². The number of hydrogen-bond acceptors (Lipinski definition) is 4. The van der Waals surface area contributed by atoms with E-state index in [1.54, 1.807) is 23.3 Å². The van der Waals surface area contributed by atoms with Crippen molar-refractivity contribution in [3.63, 3.8) is 0 Å². The second kappa shape index (κ2) is 7.49. The molecule has 7 heteroatoms. The first-order chi connectivity index (χ1) is 12.0. The molecule has 0 unspecified atom stereocenters. The second-order valence-corrected chi connectivity index (χ2v) is 7.64. The summed E-state index contributed by atoms with van der Waals surface area (Å²) in [6, 6.07) is 11.0. The van der Waals surface area contributed by atoms with Crippen LogP contribution < -0.4 is 0 Å². The molecule has 1 amide bonds. The van der Waals surface area contributed by atoms with E-state index in [9.17, 15) is 13.6 Å². The number of para-hydroxylation sites is 1. The van der Waals surface area contributed by atoms with Gasteiger partial charge < -0.3 is 4.90 Å². The number of hydrogen-bond donors (Lipinski definition) is 0. The summed E-state index contributed by atoms with van der Waals surface area (Å²) < 4.78 is 27.7. The van der Waals surface area contributed by atoms with Gasteiger partial charge in [-0.05, 0) is 31.2 Å². The van der Waals surface area contributed by atoms with Gasteiger partial charge in [0.05, 0.1) is 22.0 Å². The maximum Gasteiger partial charge on any atom is 0.233 e. The smallest absolute Gasteiger partial charge is 0.233 e. The van der Waals surface area contributed by atoms with Crippen LogP contribution in [0.1, 0.15) is 18.0 Å². The van der Waals surface area contributed by atoms with Gasteiger partial charge in [0.15, 0.2) is 0 Å². The van der Waals surface area contributed by atoms with Gasteiger partial charge in [-0.3, -0.25) is 4.79 Å². The zero-order valence-electron chi connectivity index (χ0n) is 13.7. The number of thioether (sulfide) groups is 1. The van der Waals surface area contributed by atoms with E-state index in [-0.39, 0.29) is 22.6 Å². The zero-order valence-corrected chi connectivity index (χ0v) is 15.3. The van der Waals surface area contributed by atoms with Gasteiger partial charge in [-0.15, -0.1) is 23.1 Å². The summed E-state index contributed by atoms with van der Waals surface area (Å²) in [6.07, 6.45) is 0. The third-order valence-corrected chi connectivity index (χ3v) is 6.13. The first-order valence-electron chi connectivity index (χ1n) is 7.64. The standard InChI is InChI=1S/C18H16F2N2OS2/c1-11(18-21-14-5-3-4-6-16(14)25-18)22(2)17(23)10-24-15-8-7-12(19)9-13(15)20/h3-9,11H,10H2,1-2H3/t11-/m0/s1. The Bertz CT molecular complexity index is 880. The third-order valence-electron chi connectivity index (χ3n) is 3.89. The molecule has 0 bridgehead atoms. The van der Waals surface area contributed by atoms with E-state index in [0.29, 0.717) is 0 Å². The van der Waals surface area contributed by atoms with Crippen molar-refractivity contribution in [1.82, 2.24) is 9.88 Å². The Morgan fingerprint density at radius 2 is 2.04 bits per heavy atom. The molecule has 0 N–H and O–H groups in total. The molecular weight excluding hydrogens is 362 g/mol. The number of halogens is 2. The summed E-state index contributed by atoms with van der Waals surface area (Å²) in [5, 5.41) is 0.856. The molecule has 1 aromatic heterocycles. The lowest BCUT2D eigenvalue weighted by Crippen LogP contribution is -2.31.